The van der Waals surface area contributed by atoms with Gasteiger partial charge in [-0.2, -0.15) is 0 Å². The first-order valence-electron chi connectivity index (χ1n) is 20.0. The van der Waals surface area contributed by atoms with Gasteiger partial charge in [0.25, 0.3) is 0 Å². The number of hydrogen-bond acceptors (Lipinski definition) is 10. The molecule has 1 N–H and O–H groups in total. The molecule has 0 unspecified atom stereocenters. The van der Waals surface area contributed by atoms with Crippen molar-refractivity contribution >= 4 is 5.97 Å². The van der Waals surface area contributed by atoms with Crippen LogP contribution in [0.25, 0.3) is 22.3 Å². The molecule has 0 atom stereocenters. The Morgan fingerprint density at radius 3 is 1.31 bits per heavy atom. The van der Waals surface area contributed by atoms with Gasteiger partial charge in [0.15, 0.2) is 0 Å². The van der Waals surface area contributed by atoms with Gasteiger partial charge in [0.2, 0.25) is 0 Å². The van der Waals surface area contributed by atoms with Gasteiger partial charge in [-0.25, -0.2) is 4.79 Å². The lowest BCUT2D eigenvalue weighted by atomic mass is 9.99. The molecule has 0 amide bonds. The maximum absolute atomic E-state index is 10.4. The molecule has 0 aliphatic carbocycles. The SMILES string of the molecule is CCCCCCOc1ccc(-c2ccc(-c3ccc(OCCCCCC)cc3)c(OCCOCCOCCOCCOCCOCCOCC(=O)O)c2)cc1. The van der Waals surface area contributed by atoms with Crippen LogP contribution in [0.15, 0.2) is 66.7 Å². The van der Waals surface area contributed by atoms with Crippen molar-refractivity contribution in [2.24, 2.45) is 0 Å². The van der Waals surface area contributed by atoms with E-state index in [4.69, 9.17) is 47.7 Å². The van der Waals surface area contributed by atoms with E-state index in [-0.39, 0.29) is 13.2 Å². The van der Waals surface area contributed by atoms with E-state index in [1.807, 2.05) is 24.3 Å². The third kappa shape index (κ3) is 21.2. The monoisotopic (exact) mass is 768 g/mol. The molecule has 306 valence electrons. The molecule has 3 aromatic carbocycles. The Bertz CT molecular complexity index is 1380. The van der Waals surface area contributed by atoms with E-state index in [9.17, 15) is 4.79 Å². The smallest absolute Gasteiger partial charge is 0.329 e. The Kier molecular flexibility index (Phi) is 25.3. The quantitative estimate of drug-likeness (QED) is 0.0580. The second-order valence-electron chi connectivity index (χ2n) is 12.9. The molecule has 0 fully saturated rings. The van der Waals surface area contributed by atoms with Gasteiger partial charge in [-0.15, -0.1) is 0 Å². The highest BCUT2D eigenvalue weighted by Crippen LogP contribution is 2.35. The molecule has 11 nitrogen and oxygen atoms in total. The van der Waals surface area contributed by atoms with E-state index in [1.165, 1.54) is 38.5 Å². The van der Waals surface area contributed by atoms with Crippen molar-refractivity contribution in [3.8, 4) is 39.5 Å². The number of carbonyl (C=O) groups is 1. The number of unbranched alkanes of at least 4 members (excludes halogenated alkanes) is 6. The molecule has 0 saturated carbocycles. The molecule has 0 bridgehead atoms. The zero-order valence-corrected chi connectivity index (χ0v) is 33.1. The number of ether oxygens (including phenoxy) is 9. The van der Waals surface area contributed by atoms with Crippen LogP contribution in [0, 0.1) is 0 Å². The van der Waals surface area contributed by atoms with Crippen molar-refractivity contribution in [3.63, 3.8) is 0 Å². The molecule has 0 radical (unpaired) electrons. The van der Waals surface area contributed by atoms with Crippen molar-refractivity contribution in [3.05, 3.63) is 66.7 Å². The first kappa shape index (κ1) is 45.7. The average Bonchev–Trinajstić information content (AvgIpc) is 3.20. The topological polar surface area (TPSA) is 120 Å². The van der Waals surface area contributed by atoms with Gasteiger partial charge < -0.3 is 47.7 Å². The molecule has 0 aromatic heterocycles. The molecule has 0 aliphatic heterocycles. The highest BCUT2D eigenvalue weighted by molar-refractivity contribution is 5.77. The maximum atomic E-state index is 10.4. The van der Waals surface area contributed by atoms with E-state index in [0.29, 0.717) is 72.7 Å². The lowest BCUT2D eigenvalue weighted by Gasteiger charge is -2.15. The van der Waals surface area contributed by atoms with Crippen molar-refractivity contribution in [2.45, 2.75) is 65.2 Å². The van der Waals surface area contributed by atoms with Gasteiger partial charge in [-0.3, -0.25) is 0 Å². The molecule has 0 heterocycles. The minimum Gasteiger partial charge on any atom is -0.494 e. The van der Waals surface area contributed by atoms with Gasteiger partial charge >= 0.3 is 5.97 Å². The second-order valence-corrected chi connectivity index (χ2v) is 12.9. The van der Waals surface area contributed by atoms with Crippen LogP contribution in [0.1, 0.15) is 65.2 Å². The van der Waals surface area contributed by atoms with Crippen molar-refractivity contribution in [2.75, 3.05) is 99.1 Å². The summed E-state index contributed by atoms with van der Waals surface area (Å²) in [6.45, 7) is 10.5. The standard InChI is InChI=1S/C44H64O11/c1-3-5-7-9-21-53-40-16-11-37(12-17-40)39-15-20-42(38-13-18-41(19-14-38)54-22-10-8-6-4-2)43(35-39)55-34-33-51-30-29-49-26-25-47-23-24-48-27-28-50-31-32-52-36-44(45)46/h11-20,35H,3-10,21-34,36H2,1-2H3,(H,45,46). The van der Waals surface area contributed by atoms with Crippen LogP contribution in [0.3, 0.4) is 0 Å². The molecular weight excluding hydrogens is 704 g/mol. The van der Waals surface area contributed by atoms with Crippen molar-refractivity contribution in [1.82, 2.24) is 0 Å². The van der Waals surface area contributed by atoms with Crippen LogP contribution in [0.4, 0.5) is 0 Å². The molecule has 55 heavy (non-hydrogen) atoms. The summed E-state index contributed by atoms with van der Waals surface area (Å²) in [5.74, 6) is 1.56. The van der Waals surface area contributed by atoms with Gasteiger partial charge in [0.05, 0.1) is 85.9 Å². The fraction of sp³-hybridized carbons (Fsp3) is 0.568. The number of carboxylic acids is 1. The van der Waals surface area contributed by atoms with Gasteiger partial charge in [0.1, 0.15) is 30.5 Å². The predicted octanol–water partition coefficient (Wildman–Crippen LogP) is 8.50. The summed E-state index contributed by atoms with van der Waals surface area (Å²) in [5.41, 5.74) is 4.22. The Morgan fingerprint density at radius 2 is 0.855 bits per heavy atom. The number of rotatable bonds is 35. The summed E-state index contributed by atoms with van der Waals surface area (Å²) in [6.07, 6.45) is 9.44. The second kappa shape index (κ2) is 30.5. The molecule has 0 spiro atoms. The first-order valence-corrected chi connectivity index (χ1v) is 20.0. The Morgan fingerprint density at radius 1 is 0.436 bits per heavy atom. The Hall–Kier alpha value is -3.71. The number of carboxylic acid groups (broad SMARTS) is 1. The molecule has 3 rings (SSSR count). The number of hydrogen-bond donors (Lipinski definition) is 1. The fourth-order valence-corrected chi connectivity index (χ4v) is 5.44. The summed E-state index contributed by atoms with van der Waals surface area (Å²) in [4.78, 5) is 10.4. The van der Waals surface area contributed by atoms with Crippen molar-refractivity contribution in [1.29, 1.82) is 0 Å². The Labute approximate surface area is 328 Å². The van der Waals surface area contributed by atoms with Gasteiger partial charge in [-0.05, 0) is 59.9 Å². The van der Waals surface area contributed by atoms with Crippen LogP contribution in [-0.2, 0) is 33.2 Å². The van der Waals surface area contributed by atoms with E-state index in [1.54, 1.807) is 0 Å². The van der Waals surface area contributed by atoms with Crippen LogP contribution in [0.5, 0.6) is 17.2 Å². The van der Waals surface area contributed by atoms with Crippen LogP contribution in [0.2, 0.25) is 0 Å². The van der Waals surface area contributed by atoms with Crippen molar-refractivity contribution < 1.29 is 52.5 Å². The van der Waals surface area contributed by atoms with E-state index >= 15 is 0 Å². The third-order valence-electron chi connectivity index (χ3n) is 8.44. The summed E-state index contributed by atoms with van der Waals surface area (Å²) in [7, 11) is 0. The molecule has 0 aliphatic rings. The highest BCUT2D eigenvalue weighted by atomic mass is 16.6. The molecule has 11 heteroatoms. The lowest BCUT2D eigenvalue weighted by molar-refractivity contribution is -0.142. The molecular formula is C44H64O11. The third-order valence-corrected chi connectivity index (χ3v) is 8.44. The summed E-state index contributed by atoms with van der Waals surface area (Å²) < 4.78 is 50.9. The lowest BCUT2D eigenvalue weighted by Crippen LogP contribution is -2.15. The zero-order chi connectivity index (χ0) is 39.0. The molecule has 3 aromatic rings. The minimum absolute atomic E-state index is 0.237. The molecule has 0 saturated heterocycles. The summed E-state index contributed by atoms with van der Waals surface area (Å²) >= 11 is 0. The largest absolute Gasteiger partial charge is 0.494 e. The van der Waals surface area contributed by atoms with E-state index in [0.717, 1.165) is 65.6 Å². The van der Waals surface area contributed by atoms with Gasteiger partial charge in [-0.1, -0.05) is 88.8 Å². The first-order chi connectivity index (χ1) is 27.1. The maximum Gasteiger partial charge on any atom is 0.329 e. The minimum atomic E-state index is -0.995. The zero-order valence-electron chi connectivity index (χ0n) is 33.1. The van der Waals surface area contributed by atoms with E-state index in [2.05, 4.69) is 56.3 Å². The number of aliphatic carboxylic acids is 1. The highest BCUT2D eigenvalue weighted by Gasteiger charge is 2.11. The van der Waals surface area contributed by atoms with E-state index < -0.39 is 5.97 Å². The number of benzene rings is 3. The predicted molar refractivity (Wildman–Crippen MR) is 215 cm³/mol. The summed E-state index contributed by atoms with van der Waals surface area (Å²) in [5, 5.41) is 8.50. The van der Waals surface area contributed by atoms with Crippen LogP contribution < -0.4 is 14.2 Å². The summed E-state index contributed by atoms with van der Waals surface area (Å²) in [6, 6.07) is 22.8. The van der Waals surface area contributed by atoms with Crippen LogP contribution in [-0.4, -0.2) is 110 Å². The fourth-order valence-electron chi connectivity index (χ4n) is 5.44. The Balaban J connectivity index is 1.38. The van der Waals surface area contributed by atoms with Gasteiger partial charge in [0, 0.05) is 5.56 Å². The average molecular weight is 769 g/mol. The van der Waals surface area contributed by atoms with Crippen LogP contribution >= 0.6 is 0 Å². The normalized spacial score (nSPS) is 11.2.